The van der Waals surface area contributed by atoms with Crippen LogP contribution in [0.25, 0.3) is 10.9 Å². The molecule has 1 aromatic heterocycles. The molecule has 7 nitrogen and oxygen atoms in total. The predicted octanol–water partition coefficient (Wildman–Crippen LogP) is 3.64. The van der Waals surface area contributed by atoms with Crippen molar-refractivity contribution in [2.24, 2.45) is 0 Å². The molecule has 0 aliphatic carbocycles. The third-order valence-electron chi connectivity index (χ3n) is 4.49. The molecule has 0 radical (unpaired) electrons. The van der Waals surface area contributed by atoms with Crippen LogP contribution >= 0.6 is 11.8 Å². The van der Waals surface area contributed by atoms with Crippen molar-refractivity contribution in [1.82, 2.24) is 14.9 Å². The van der Waals surface area contributed by atoms with Crippen LogP contribution in [-0.4, -0.2) is 27.2 Å². The molecule has 0 fully saturated rings. The lowest BCUT2D eigenvalue weighted by molar-refractivity contribution is -0.117. The highest BCUT2D eigenvalue weighted by atomic mass is 32.2. The van der Waals surface area contributed by atoms with Gasteiger partial charge in [-0.2, -0.15) is 0 Å². The number of thioether (sulfide) groups is 1. The summed E-state index contributed by atoms with van der Waals surface area (Å²) < 4.78 is 1.46. The normalized spacial score (nSPS) is 10.6. The number of anilines is 1. The van der Waals surface area contributed by atoms with Crippen molar-refractivity contribution in [3.63, 3.8) is 0 Å². The van der Waals surface area contributed by atoms with Gasteiger partial charge in [0.25, 0.3) is 5.56 Å². The van der Waals surface area contributed by atoms with Crippen molar-refractivity contribution in [2.75, 3.05) is 11.1 Å². The summed E-state index contributed by atoms with van der Waals surface area (Å²) in [5.74, 6) is -0.559. The Kier molecular flexibility index (Phi) is 6.68. The van der Waals surface area contributed by atoms with Gasteiger partial charge in [-0.25, -0.2) is 9.78 Å². The van der Waals surface area contributed by atoms with Gasteiger partial charge in [0.1, 0.15) is 0 Å². The van der Waals surface area contributed by atoms with E-state index in [4.69, 9.17) is 0 Å². The van der Waals surface area contributed by atoms with Gasteiger partial charge in [0.05, 0.1) is 16.7 Å². The van der Waals surface area contributed by atoms with Crippen molar-refractivity contribution in [3.05, 3.63) is 76.6 Å². The molecule has 0 bridgehead atoms. The zero-order chi connectivity index (χ0) is 21.7. The highest BCUT2D eigenvalue weighted by Crippen LogP contribution is 2.18. The van der Waals surface area contributed by atoms with Crippen LogP contribution in [0.5, 0.6) is 0 Å². The summed E-state index contributed by atoms with van der Waals surface area (Å²) in [4.78, 5) is 41.5. The second-order valence-corrected chi connectivity index (χ2v) is 7.65. The average molecular weight is 423 g/mol. The predicted molar refractivity (Wildman–Crippen MR) is 120 cm³/mol. The van der Waals surface area contributed by atoms with Crippen molar-refractivity contribution in [2.45, 2.75) is 25.5 Å². The molecule has 154 valence electrons. The zero-order valence-corrected chi connectivity index (χ0v) is 17.6. The molecule has 0 atom stereocenters. The Morgan fingerprint density at radius 3 is 2.67 bits per heavy atom. The molecule has 2 N–H and O–H groups in total. The summed E-state index contributed by atoms with van der Waals surface area (Å²) >= 11 is 1.09. The van der Waals surface area contributed by atoms with Gasteiger partial charge in [0, 0.05) is 12.2 Å². The third kappa shape index (κ3) is 4.96. The number of aromatic nitrogens is 2. The number of nitrogens with one attached hydrogen (secondary N) is 2. The van der Waals surface area contributed by atoms with E-state index >= 15 is 0 Å². The number of hydrogen-bond donors (Lipinski definition) is 2. The number of allylic oxidation sites excluding steroid dienone is 1. The number of aryl methyl sites for hydroxylation is 2. The molecule has 0 saturated carbocycles. The summed E-state index contributed by atoms with van der Waals surface area (Å²) in [5.41, 5.74) is 3.11. The fraction of sp³-hybridized carbons (Fsp3) is 0.182. The van der Waals surface area contributed by atoms with E-state index in [1.54, 1.807) is 36.4 Å². The van der Waals surface area contributed by atoms with Gasteiger partial charge in [0.15, 0.2) is 5.16 Å². The first kappa shape index (κ1) is 21.3. The summed E-state index contributed by atoms with van der Waals surface area (Å²) in [6.07, 6.45) is 1.60. The van der Waals surface area contributed by atoms with Gasteiger partial charge in [0.2, 0.25) is 5.91 Å². The van der Waals surface area contributed by atoms with E-state index in [9.17, 15) is 14.4 Å². The van der Waals surface area contributed by atoms with Crippen LogP contribution in [0.1, 0.15) is 11.1 Å². The lowest BCUT2D eigenvalue weighted by Crippen LogP contribution is -2.35. The molecule has 0 aliphatic rings. The molecule has 0 spiro atoms. The highest BCUT2D eigenvalue weighted by molar-refractivity contribution is 7.99. The van der Waals surface area contributed by atoms with E-state index in [1.165, 1.54) is 4.57 Å². The molecule has 0 aliphatic heterocycles. The topological polar surface area (TPSA) is 93.1 Å². The molecule has 3 rings (SSSR count). The molecule has 0 unspecified atom stereocenters. The fourth-order valence-corrected chi connectivity index (χ4v) is 3.63. The number of rotatable bonds is 6. The van der Waals surface area contributed by atoms with E-state index in [2.05, 4.69) is 22.2 Å². The Morgan fingerprint density at radius 1 is 1.17 bits per heavy atom. The van der Waals surface area contributed by atoms with E-state index in [-0.39, 0.29) is 17.9 Å². The first-order chi connectivity index (χ1) is 14.4. The van der Waals surface area contributed by atoms with Crippen molar-refractivity contribution in [1.29, 1.82) is 0 Å². The summed E-state index contributed by atoms with van der Waals surface area (Å²) in [5, 5.41) is 5.82. The Bertz CT molecular complexity index is 1190. The van der Waals surface area contributed by atoms with Crippen molar-refractivity contribution in [3.8, 4) is 0 Å². The maximum absolute atomic E-state index is 12.7. The van der Waals surface area contributed by atoms with Crippen LogP contribution in [0.2, 0.25) is 0 Å². The minimum Gasteiger partial charge on any atom is -0.308 e. The maximum Gasteiger partial charge on any atom is 0.325 e. The van der Waals surface area contributed by atoms with Gasteiger partial charge in [-0.05, 0) is 49.2 Å². The number of fused-ring (bicyclic) bond motifs is 1. The molecule has 2 aromatic carbocycles. The summed E-state index contributed by atoms with van der Waals surface area (Å²) in [7, 11) is 0. The molecule has 3 amide bonds. The summed E-state index contributed by atoms with van der Waals surface area (Å²) in [6.45, 7) is 7.87. The Morgan fingerprint density at radius 2 is 1.93 bits per heavy atom. The van der Waals surface area contributed by atoms with E-state index < -0.39 is 11.9 Å². The van der Waals surface area contributed by atoms with E-state index in [1.807, 2.05) is 26.0 Å². The highest BCUT2D eigenvalue weighted by Gasteiger charge is 2.14. The zero-order valence-electron chi connectivity index (χ0n) is 16.8. The molecular formula is C22H22N4O3S. The van der Waals surface area contributed by atoms with Crippen LogP contribution in [-0.2, 0) is 11.3 Å². The monoisotopic (exact) mass is 422 g/mol. The number of benzene rings is 2. The van der Waals surface area contributed by atoms with E-state index in [0.29, 0.717) is 21.7 Å². The van der Waals surface area contributed by atoms with Crippen LogP contribution in [0.4, 0.5) is 10.5 Å². The number of amides is 3. The third-order valence-corrected chi connectivity index (χ3v) is 5.46. The standard InChI is InChI=1S/C22H22N4O3S/c1-4-11-26-20(28)17-7-5-6-8-18(17)24-22(26)30-13-19(27)25-21(29)23-16-10-9-14(2)15(3)12-16/h4-10,12H,1,11,13H2,2-3H3,(H2,23,25,27,29). The van der Waals surface area contributed by atoms with Crippen LogP contribution < -0.4 is 16.2 Å². The first-order valence-corrected chi connectivity index (χ1v) is 10.3. The van der Waals surface area contributed by atoms with Crippen molar-refractivity contribution < 1.29 is 9.59 Å². The maximum atomic E-state index is 12.7. The molecule has 8 heteroatoms. The first-order valence-electron chi connectivity index (χ1n) is 9.30. The van der Waals surface area contributed by atoms with Gasteiger partial charge in [-0.15, -0.1) is 6.58 Å². The summed E-state index contributed by atoms with van der Waals surface area (Å²) in [6, 6.07) is 11.9. The number of hydrogen-bond acceptors (Lipinski definition) is 5. The number of imide groups is 1. The lowest BCUT2D eigenvalue weighted by Gasteiger charge is -2.11. The van der Waals surface area contributed by atoms with Crippen LogP contribution in [0.3, 0.4) is 0 Å². The number of nitrogens with zero attached hydrogens (tertiary/aromatic N) is 2. The molecule has 0 saturated heterocycles. The minimum absolute atomic E-state index is 0.0672. The SMILES string of the molecule is C=CCn1c(SCC(=O)NC(=O)Nc2ccc(C)c(C)c2)nc2ccccc2c1=O. The Labute approximate surface area is 178 Å². The van der Waals surface area contributed by atoms with E-state index in [0.717, 1.165) is 22.9 Å². The minimum atomic E-state index is -0.612. The average Bonchev–Trinajstić information content (AvgIpc) is 2.71. The van der Waals surface area contributed by atoms with Gasteiger partial charge >= 0.3 is 6.03 Å². The second kappa shape index (κ2) is 9.41. The largest absolute Gasteiger partial charge is 0.325 e. The van der Waals surface area contributed by atoms with Crippen LogP contribution in [0.15, 0.2) is 65.1 Å². The molecular weight excluding hydrogens is 400 g/mol. The van der Waals surface area contributed by atoms with Gasteiger partial charge in [-0.3, -0.25) is 19.5 Å². The molecule has 30 heavy (non-hydrogen) atoms. The number of para-hydroxylation sites is 1. The van der Waals surface area contributed by atoms with Gasteiger partial charge < -0.3 is 5.32 Å². The lowest BCUT2D eigenvalue weighted by atomic mass is 10.1. The quantitative estimate of drug-likeness (QED) is 0.359. The smallest absolute Gasteiger partial charge is 0.308 e. The van der Waals surface area contributed by atoms with Crippen LogP contribution in [0, 0.1) is 13.8 Å². The Balaban J connectivity index is 1.67. The fourth-order valence-electron chi connectivity index (χ4n) is 2.82. The number of carbonyl (C=O) groups is 2. The molecule has 3 aromatic rings. The second-order valence-electron chi connectivity index (χ2n) is 6.71. The number of urea groups is 1. The van der Waals surface area contributed by atoms with Gasteiger partial charge in [-0.1, -0.05) is 36.0 Å². The van der Waals surface area contributed by atoms with Crippen molar-refractivity contribution >= 4 is 40.3 Å². The number of carbonyl (C=O) groups excluding carboxylic acids is 2. The molecule has 1 heterocycles. The Hall–Kier alpha value is -3.39.